The number of aliphatic hydroxyl groups is 1. The number of benzene rings is 2. The molecule has 0 saturated heterocycles. The van der Waals surface area contributed by atoms with Crippen molar-refractivity contribution in [2.24, 2.45) is 0 Å². The van der Waals surface area contributed by atoms with Crippen LogP contribution in [0.15, 0.2) is 65.5 Å². The summed E-state index contributed by atoms with van der Waals surface area (Å²) in [7, 11) is 1.19. The predicted molar refractivity (Wildman–Crippen MR) is 127 cm³/mol. The largest absolute Gasteiger partial charge is 0.469 e. The number of hydrogen-bond donors (Lipinski definition) is 1. The molecule has 7 nitrogen and oxygen atoms in total. The number of imidazole rings is 1. The zero-order chi connectivity index (χ0) is 24.8. The Bertz CT molecular complexity index is 1240. The average molecular weight is 467 g/mol. The molecule has 0 saturated carbocycles. The van der Waals surface area contributed by atoms with Gasteiger partial charge >= 0.3 is 11.7 Å². The van der Waals surface area contributed by atoms with Gasteiger partial charge in [0.1, 0.15) is 18.0 Å². The predicted octanol–water partition coefficient (Wildman–Crippen LogP) is 3.92. The third kappa shape index (κ3) is 5.58. The van der Waals surface area contributed by atoms with Gasteiger partial charge in [-0.05, 0) is 56.3 Å². The molecule has 1 unspecified atom stereocenters. The maximum atomic E-state index is 13.6. The minimum absolute atomic E-state index is 0.227. The van der Waals surface area contributed by atoms with Gasteiger partial charge in [0.05, 0.1) is 30.3 Å². The number of hydrogen-bond acceptors (Lipinski definition) is 5. The Hall–Kier alpha value is -3.78. The van der Waals surface area contributed by atoms with E-state index in [4.69, 9.17) is 0 Å². The summed E-state index contributed by atoms with van der Waals surface area (Å²) < 4.78 is 21.2. The molecule has 178 valence electrons. The van der Waals surface area contributed by atoms with Crippen molar-refractivity contribution < 1.29 is 23.8 Å². The van der Waals surface area contributed by atoms with Crippen LogP contribution in [0, 0.1) is 5.82 Å². The molecule has 0 radical (unpaired) electrons. The van der Waals surface area contributed by atoms with Crippen LogP contribution in [-0.2, 0) is 14.3 Å². The summed E-state index contributed by atoms with van der Waals surface area (Å²) in [4.78, 5) is 36.8. The standard InChI is InChI=1S/C26H27FN2O5/c1-17(2)28-23(14-13-21(30)15-22(31)16-24(32)34-3)25(18-9-11-19(27)12-10-18)29(26(28)33)20-7-5-4-6-8-20/h4-14,17,21,30H,15-16H2,1-3H3. The first-order valence-electron chi connectivity index (χ1n) is 10.9. The van der Waals surface area contributed by atoms with Crippen LogP contribution < -0.4 is 5.69 Å². The molecular formula is C26H27FN2O5. The average Bonchev–Trinajstić information content (AvgIpc) is 3.10. The van der Waals surface area contributed by atoms with E-state index in [-0.39, 0.29) is 18.2 Å². The van der Waals surface area contributed by atoms with E-state index in [2.05, 4.69) is 4.74 Å². The number of aromatic nitrogens is 2. The second-order valence-corrected chi connectivity index (χ2v) is 8.08. The van der Waals surface area contributed by atoms with Gasteiger partial charge in [-0.2, -0.15) is 0 Å². The summed E-state index contributed by atoms with van der Waals surface area (Å²) in [5.41, 5.74) is 1.97. The number of aliphatic hydroxyl groups excluding tert-OH is 1. The van der Waals surface area contributed by atoms with Crippen molar-refractivity contribution in [3.8, 4) is 16.9 Å². The number of carbonyl (C=O) groups is 2. The normalized spacial score (nSPS) is 12.3. The van der Waals surface area contributed by atoms with Crippen molar-refractivity contribution in [1.29, 1.82) is 0 Å². The number of methoxy groups -OCH3 is 1. The molecule has 8 heteroatoms. The third-order valence-electron chi connectivity index (χ3n) is 5.25. The van der Waals surface area contributed by atoms with Crippen molar-refractivity contribution >= 4 is 17.8 Å². The molecule has 1 heterocycles. The second kappa shape index (κ2) is 10.9. The molecule has 1 aromatic heterocycles. The highest BCUT2D eigenvalue weighted by atomic mass is 19.1. The van der Waals surface area contributed by atoms with E-state index in [1.807, 2.05) is 32.0 Å². The van der Waals surface area contributed by atoms with Gasteiger partial charge in [-0.15, -0.1) is 0 Å². The van der Waals surface area contributed by atoms with Gasteiger partial charge in [-0.3, -0.25) is 18.7 Å². The Morgan fingerprint density at radius 2 is 1.74 bits per heavy atom. The molecule has 0 aliphatic heterocycles. The minimum Gasteiger partial charge on any atom is -0.469 e. The van der Waals surface area contributed by atoms with E-state index < -0.39 is 30.1 Å². The topological polar surface area (TPSA) is 90.5 Å². The first-order valence-corrected chi connectivity index (χ1v) is 10.9. The lowest BCUT2D eigenvalue weighted by Gasteiger charge is -2.11. The number of nitrogens with zero attached hydrogens (tertiary/aromatic N) is 2. The van der Waals surface area contributed by atoms with Crippen LogP contribution in [0.1, 0.15) is 38.4 Å². The first kappa shape index (κ1) is 24.9. The highest BCUT2D eigenvalue weighted by Crippen LogP contribution is 2.29. The van der Waals surface area contributed by atoms with Crippen LogP contribution in [0.25, 0.3) is 23.0 Å². The molecule has 0 aliphatic rings. The summed E-state index contributed by atoms with van der Waals surface area (Å²) in [5, 5.41) is 10.4. The second-order valence-electron chi connectivity index (χ2n) is 8.08. The van der Waals surface area contributed by atoms with Crippen molar-refractivity contribution in [3.63, 3.8) is 0 Å². The lowest BCUT2D eigenvalue weighted by atomic mass is 10.1. The van der Waals surface area contributed by atoms with Crippen molar-refractivity contribution in [1.82, 2.24) is 9.13 Å². The van der Waals surface area contributed by atoms with Crippen LogP contribution in [0.5, 0.6) is 0 Å². The van der Waals surface area contributed by atoms with E-state index in [1.54, 1.807) is 39.5 Å². The van der Waals surface area contributed by atoms with Gasteiger partial charge in [0, 0.05) is 18.0 Å². The quantitative estimate of drug-likeness (QED) is 0.381. The molecule has 3 rings (SSSR count). The summed E-state index contributed by atoms with van der Waals surface area (Å²) in [6.45, 7) is 3.72. The van der Waals surface area contributed by atoms with E-state index in [0.717, 1.165) is 0 Å². The van der Waals surface area contributed by atoms with Crippen LogP contribution in [0.4, 0.5) is 4.39 Å². The molecule has 0 fully saturated rings. The van der Waals surface area contributed by atoms with Crippen LogP contribution in [0.3, 0.4) is 0 Å². The number of para-hydroxylation sites is 1. The molecule has 1 atom stereocenters. The minimum atomic E-state index is -1.17. The van der Waals surface area contributed by atoms with E-state index in [0.29, 0.717) is 22.6 Å². The van der Waals surface area contributed by atoms with Gasteiger partial charge in [-0.1, -0.05) is 24.3 Å². The molecule has 1 N–H and O–H groups in total. The maximum absolute atomic E-state index is 13.6. The summed E-state index contributed by atoms with van der Waals surface area (Å²) in [6, 6.07) is 14.6. The Morgan fingerprint density at radius 1 is 1.09 bits per heavy atom. The van der Waals surface area contributed by atoms with Gasteiger partial charge in [0.15, 0.2) is 0 Å². The van der Waals surface area contributed by atoms with Gasteiger partial charge in [0.25, 0.3) is 0 Å². The summed E-state index contributed by atoms with van der Waals surface area (Å²) in [5.74, 6) is -1.54. The number of halogens is 1. The number of rotatable bonds is 9. The SMILES string of the molecule is COC(=O)CC(=O)CC(O)C=Cc1c(-c2ccc(F)cc2)n(-c2ccccc2)c(=O)n1C(C)C. The Balaban J connectivity index is 2.13. The fraction of sp³-hybridized carbons (Fsp3) is 0.269. The molecule has 2 aromatic carbocycles. The highest BCUT2D eigenvalue weighted by Gasteiger charge is 2.23. The van der Waals surface area contributed by atoms with E-state index in [9.17, 15) is 23.9 Å². The zero-order valence-corrected chi connectivity index (χ0v) is 19.3. The first-order chi connectivity index (χ1) is 16.2. The maximum Gasteiger partial charge on any atom is 0.333 e. The van der Waals surface area contributed by atoms with Crippen molar-refractivity contribution in [2.75, 3.05) is 7.11 Å². The van der Waals surface area contributed by atoms with Crippen LogP contribution in [-0.4, -0.2) is 39.2 Å². The molecular weight excluding hydrogens is 439 g/mol. The van der Waals surface area contributed by atoms with Gasteiger partial charge in [0.2, 0.25) is 0 Å². The van der Waals surface area contributed by atoms with Crippen molar-refractivity contribution in [3.05, 3.63) is 82.7 Å². The lowest BCUT2D eigenvalue weighted by Crippen LogP contribution is -2.25. The van der Waals surface area contributed by atoms with Gasteiger partial charge in [-0.25, -0.2) is 9.18 Å². The Kier molecular flexibility index (Phi) is 7.96. The fourth-order valence-corrected chi connectivity index (χ4v) is 3.70. The van der Waals surface area contributed by atoms with Crippen LogP contribution in [0.2, 0.25) is 0 Å². The molecule has 3 aromatic rings. The lowest BCUT2D eigenvalue weighted by molar-refractivity contribution is -0.143. The summed E-state index contributed by atoms with van der Waals surface area (Å²) >= 11 is 0. The number of Topliss-reactive ketones (excluding diaryl/α,β-unsaturated/α-hetero) is 1. The third-order valence-corrected chi connectivity index (χ3v) is 5.25. The van der Waals surface area contributed by atoms with Gasteiger partial charge < -0.3 is 9.84 Å². The number of carbonyl (C=O) groups excluding carboxylic acids is 2. The molecule has 0 spiro atoms. The summed E-state index contributed by atoms with van der Waals surface area (Å²) in [6.07, 6.45) is 1.11. The van der Waals surface area contributed by atoms with E-state index in [1.165, 1.54) is 25.3 Å². The Morgan fingerprint density at radius 3 is 2.32 bits per heavy atom. The fourth-order valence-electron chi connectivity index (χ4n) is 3.70. The molecule has 0 aliphatic carbocycles. The van der Waals surface area contributed by atoms with Crippen LogP contribution >= 0.6 is 0 Å². The number of esters is 1. The number of ketones is 1. The Labute approximate surface area is 196 Å². The highest BCUT2D eigenvalue weighted by molar-refractivity contribution is 5.95. The number of ether oxygens (including phenoxy) is 1. The monoisotopic (exact) mass is 466 g/mol. The molecule has 0 amide bonds. The molecule has 0 bridgehead atoms. The zero-order valence-electron chi connectivity index (χ0n) is 19.3. The molecule has 34 heavy (non-hydrogen) atoms. The smallest absolute Gasteiger partial charge is 0.333 e. The van der Waals surface area contributed by atoms with E-state index >= 15 is 0 Å². The van der Waals surface area contributed by atoms with Crippen molar-refractivity contribution in [2.45, 2.75) is 38.8 Å².